The SMILES string of the molecule is CC(N)(C(=O)O)C(=O)C1CC1c1ccc(O)cc1. The van der Waals surface area contributed by atoms with E-state index in [1.807, 2.05) is 0 Å². The molecule has 0 aromatic heterocycles. The van der Waals surface area contributed by atoms with Gasteiger partial charge in [0.05, 0.1) is 0 Å². The minimum absolute atomic E-state index is 0.0142. The number of aromatic hydroxyl groups is 1. The molecule has 18 heavy (non-hydrogen) atoms. The number of carbonyl (C=O) groups is 2. The third-order valence-electron chi connectivity index (χ3n) is 3.40. The van der Waals surface area contributed by atoms with Crippen LogP contribution < -0.4 is 5.73 Å². The molecule has 0 radical (unpaired) electrons. The molecule has 1 aromatic rings. The number of carbonyl (C=O) groups excluding carboxylic acids is 1. The molecule has 5 nitrogen and oxygen atoms in total. The zero-order valence-corrected chi connectivity index (χ0v) is 9.96. The van der Waals surface area contributed by atoms with E-state index in [4.69, 9.17) is 10.8 Å². The summed E-state index contributed by atoms with van der Waals surface area (Å²) >= 11 is 0. The van der Waals surface area contributed by atoms with Crippen LogP contribution in [-0.4, -0.2) is 27.5 Å². The number of Topliss-reactive ketones (excluding diaryl/α,β-unsaturated/α-hetero) is 1. The maximum atomic E-state index is 12.0. The maximum absolute atomic E-state index is 12.0. The summed E-state index contributed by atoms with van der Waals surface area (Å²) in [5.74, 6) is -1.89. The molecule has 0 bridgehead atoms. The molecule has 4 N–H and O–H groups in total. The fourth-order valence-electron chi connectivity index (χ4n) is 2.07. The summed E-state index contributed by atoms with van der Waals surface area (Å²) in [4.78, 5) is 22.9. The van der Waals surface area contributed by atoms with Crippen molar-refractivity contribution in [1.29, 1.82) is 0 Å². The van der Waals surface area contributed by atoms with Crippen molar-refractivity contribution in [3.8, 4) is 5.75 Å². The Hall–Kier alpha value is -1.88. The summed E-state index contributed by atoms with van der Waals surface area (Å²) in [6.45, 7) is 1.23. The number of hydrogen-bond donors (Lipinski definition) is 3. The lowest BCUT2D eigenvalue weighted by Crippen LogP contribution is -2.53. The van der Waals surface area contributed by atoms with E-state index in [0.717, 1.165) is 5.56 Å². The standard InChI is InChI=1S/C13H15NO4/c1-13(14,12(17)18)11(16)10-6-9(10)7-2-4-8(15)5-3-7/h2-5,9-10,15H,6,14H2,1H3,(H,17,18). The molecule has 3 unspecified atom stereocenters. The summed E-state index contributed by atoms with van der Waals surface area (Å²) in [6, 6.07) is 6.58. The van der Waals surface area contributed by atoms with E-state index < -0.39 is 17.3 Å². The number of ketones is 1. The predicted molar refractivity (Wildman–Crippen MR) is 64.2 cm³/mol. The molecular weight excluding hydrogens is 234 g/mol. The zero-order valence-electron chi connectivity index (χ0n) is 9.96. The Morgan fingerprint density at radius 3 is 2.39 bits per heavy atom. The predicted octanol–water partition coefficient (Wildman–Crippen LogP) is 0.867. The van der Waals surface area contributed by atoms with Crippen LogP contribution in [0.15, 0.2) is 24.3 Å². The van der Waals surface area contributed by atoms with Crippen LogP contribution >= 0.6 is 0 Å². The Labute approximate surface area is 104 Å². The highest BCUT2D eigenvalue weighted by molar-refractivity contribution is 6.09. The lowest BCUT2D eigenvalue weighted by Gasteiger charge is -2.17. The van der Waals surface area contributed by atoms with E-state index in [1.54, 1.807) is 24.3 Å². The largest absolute Gasteiger partial charge is 0.508 e. The molecule has 3 atom stereocenters. The molecular formula is C13H15NO4. The van der Waals surface area contributed by atoms with E-state index in [0.29, 0.717) is 6.42 Å². The quantitative estimate of drug-likeness (QED) is 0.687. The van der Waals surface area contributed by atoms with Crippen molar-refractivity contribution in [2.24, 2.45) is 11.7 Å². The van der Waals surface area contributed by atoms with Crippen molar-refractivity contribution in [3.05, 3.63) is 29.8 Å². The molecule has 2 rings (SSSR count). The van der Waals surface area contributed by atoms with Gasteiger partial charge in [-0.1, -0.05) is 12.1 Å². The number of nitrogens with two attached hydrogens (primary N) is 1. The minimum Gasteiger partial charge on any atom is -0.508 e. The van der Waals surface area contributed by atoms with E-state index >= 15 is 0 Å². The molecule has 1 fully saturated rings. The van der Waals surface area contributed by atoms with E-state index in [1.165, 1.54) is 6.92 Å². The molecule has 0 saturated heterocycles. The summed E-state index contributed by atoms with van der Waals surface area (Å²) in [5, 5.41) is 18.1. The number of rotatable bonds is 4. The fraction of sp³-hybridized carbons (Fsp3) is 0.385. The van der Waals surface area contributed by atoms with Crippen molar-refractivity contribution in [3.63, 3.8) is 0 Å². The topological polar surface area (TPSA) is 101 Å². The molecule has 0 heterocycles. The fourth-order valence-corrected chi connectivity index (χ4v) is 2.07. The molecule has 1 aromatic carbocycles. The smallest absolute Gasteiger partial charge is 0.331 e. The van der Waals surface area contributed by atoms with Crippen LogP contribution in [0, 0.1) is 5.92 Å². The summed E-state index contributed by atoms with van der Waals surface area (Å²) in [6.07, 6.45) is 0.615. The van der Waals surface area contributed by atoms with E-state index in [-0.39, 0.29) is 17.6 Å². The van der Waals surface area contributed by atoms with Crippen LogP contribution in [0.4, 0.5) is 0 Å². The van der Waals surface area contributed by atoms with Gasteiger partial charge in [0.25, 0.3) is 0 Å². The number of phenols is 1. The number of benzene rings is 1. The number of phenolic OH excluding ortho intramolecular Hbond substituents is 1. The van der Waals surface area contributed by atoms with Gasteiger partial charge < -0.3 is 15.9 Å². The van der Waals surface area contributed by atoms with E-state index in [9.17, 15) is 14.7 Å². The first-order chi connectivity index (χ1) is 8.34. The van der Waals surface area contributed by atoms with Crippen molar-refractivity contribution < 1.29 is 19.8 Å². The summed E-state index contributed by atoms with van der Waals surface area (Å²) in [7, 11) is 0. The summed E-state index contributed by atoms with van der Waals surface area (Å²) < 4.78 is 0. The highest BCUT2D eigenvalue weighted by Gasteiger charge is 2.51. The molecule has 1 aliphatic carbocycles. The second kappa shape index (κ2) is 4.10. The number of hydrogen-bond acceptors (Lipinski definition) is 4. The normalized spacial score (nSPS) is 25.2. The molecule has 1 saturated carbocycles. The average Bonchev–Trinajstić information content (AvgIpc) is 3.08. The first-order valence-electron chi connectivity index (χ1n) is 5.69. The lowest BCUT2D eigenvalue weighted by molar-refractivity contribution is -0.147. The van der Waals surface area contributed by atoms with Crippen LogP contribution in [0.2, 0.25) is 0 Å². The second-order valence-corrected chi connectivity index (χ2v) is 4.91. The molecule has 1 aliphatic rings. The Morgan fingerprint density at radius 1 is 1.33 bits per heavy atom. The maximum Gasteiger partial charge on any atom is 0.331 e. The van der Waals surface area contributed by atoms with Gasteiger partial charge in [-0.15, -0.1) is 0 Å². The van der Waals surface area contributed by atoms with Gasteiger partial charge >= 0.3 is 5.97 Å². The Kier molecular flexibility index (Phi) is 2.86. The van der Waals surface area contributed by atoms with E-state index in [2.05, 4.69) is 0 Å². The molecule has 5 heteroatoms. The van der Waals surface area contributed by atoms with Gasteiger partial charge in [0, 0.05) is 5.92 Å². The zero-order chi connectivity index (χ0) is 13.5. The van der Waals surface area contributed by atoms with Crippen molar-refractivity contribution in [2.45, 2.75) is 24.8 Å². The Bertz CT molecular complexity index is 492. The van der Waals surface area contributed by atoms with Gasteiger partial charge in [-0.05, 0) is 37.0 Å². The average molecular weight is 249 g/mol. The molecule has 96 valence electrons. The van der Waals surface area contributed by atoms with Gasteiger partial charge in [-0.3, -0.25) is 4.79 Å². The lowest BCUT2D eigenvalue weighted by atomic mass is 9.93. The third-order valence-corrected chi connectivity index (χ3v) is 3.40. The Balaban J connectivity index is 2.10. The summed E-state index contributed by atoms with van der Waals surface area (Å²) in [5.41, 5.74) is 4.62. The van der Waals surface area contributed by atoms with Crippen LogP contribution in [0.1, 0.15) is 24.8 Å². The number of carboxylic acid groups (broad SMARTS) is 1. The van der Waals surface area contributed by atoms with Crippen LogP contribution in [0.5, 0.6) is 5.75 Å². The van der Waals surface area contributed by atoms with Gasteiger partial charge in [-0.2, -0.15) is 0 Å². The third kappa shape index (κ3) is 2.09. The van der Waals surface area contributed by atoms with Crippen molar-refractivity contribution in [1.82, 2.24) is 0 Å². The van der Waals surface area contributed by atoms with Crippen molar-refractivity contribution in [2.75, 3.05) is 0 Å². The molecule has 0 spiro atoms. The van der Waals surface area contributed by atoms with Gasteiger partial charge in [0.1, 0.15) is 5.75 Å². The molecule has 0 amide bonds. The van der Waals surface area contributed by atoms with Crippen LogP contribution in [0.3, 0.4) is 0 Å². The molecule has 0 aliphatic heterocycles. The highest BCUT2D eigenvalue weighted by atomic mass is 16.4. The first kappa shape index (κ1) is 12.6. The van der Waals surface area contributed by atoms with Gasteiger partial charge in [0.2, 0.25) is 0 Å². The van der Waals surface area contributed by atoms with Gasteiger partial charge in [-0.25, -0.2) is 4.79 Å². The van der Waals surface area contributed by atoms with Crippen LogP contribution in [-0.2, 0) is 9.59 Å². The highest BCUT2D eigenvalue weighted by Crippen LogP contribution is 2.49. The minimum atomic E-state index is -1.82. The van der Waals surface area contributed by atoms with Gasteiger partial charge in [0.15, 0.2) is 11.3 Å². The second-order valence-electron chi connectivity index (χ2n) is 4.91. The first-order valence-corrected chi connectivity index (χ1v) is 5.69. The van der Waals surface area contributed by atoms with Crippen LogP contribution in [0.25, 0.3) is 0 Å². The Morgan fingerprint density at radius 2 is 1.89 bits per heavy atom. The van der Waals surface area contributed by atoms with Crippen molar-refractivity contribution >= 4 is 11.8 Å². The monoisotopic (exact) mass is 249 g/mol. The number of carboxylic acids is 1. The number of aliphatic carboxylic acids is 1.